The van der Waals surface area contributed by atoms with E-state index in [9.17, 15) is 9.59 Å². The first-order valence-electron chi connectivity index (χ1n) is 10.4. The molecule has 0 aromatic heterocycles. The highest BCUT2D eigenvalue weighted by Crippen LogP contribution is 2.47. The Bertz CT molecular complexity index is 488. The lowest BCUT2D eigenvalue weighted by atomic mass is 9.63. The Labute approximate surface area is 159 Å². The number of hydrogen-bond acceptors (Lipinski definition) is 4. The summed E-state index contributed by atoms with van der Waals surface area (Å²) in [6.45, 7) is 11.8. The van der Waals surface area contributed by atoms with Crippen LogP contribution < -0.4 is 5.32 Å². The molecule has 0 spiro atoms. The molecule has 1 N–H and O–H groups in total. The van der Waals surface area contributed by atoms with Gasteiger partial charge in [-0.2, -0.15) is 0 Å². The van der Waals surface area contributed by atoms with Gasteiger partial charge in [-0.15, -0.1) is 0 Å². The van der Waals surface area contributed by atoms with Gasteiger partial charge in [-0.1, -0.05) is 34.6 Å². The van der Waals surface area contributed by atoms with Crippen LogP contribution in [-0.2, 0) is 18.8 Å². The van der Waals surface area contributed by atoms with Gasteiger partial charge in [-0.3, -0.25) is 9.59 Å². The zero-order valence-electron chi connectivity index (χ0n) is 17.2. The molecule has 2 fully saturated rings. The summed E-state index contributed by atoms with van der Waals surface area (Å²) in [6.07, 6.45) is 3.35. The van der Waals surface area contributed by atoms with Gasteiger partial charge in [-0.05, 0) is 49.7 Å². The highest BCUT2D eigenvalue weighted by molar-refractivity contribution is 6.73. The van der Waals surface area contributed by atoms with E-state index >= 15 is 0 Å². The zero-order valence-corrected chi connectivity index (χ0v) is 18.2. The van der Waals surface area contributed by atoms with Crippen LogP contribution in [0.2, 0.25) is 18.1 Å². The fourth-order valence-electron chi connectivity index (χ4n) is 4.39. The number of ether oxygens (including phenoxy) is 1. The van der Waals surface area contributed by atoms with Gasteiger partial charge in [0.25, 0.3) is 0 Å². The maximum atomic E-state index is 12.9. The Balaban J connectivity index is 2.06. The van der Waals surface area contributed by atoms with Crippen LogP contribution in [0.3, 0.4) is 0 Å². The third-order valence-electron chi connectivity index (χ3n) is 6.59. The smallest absolute Gasteiger partial charge is 0.312 e. The Hall–Kier alpha value is -0.883. The van der Waals surface area contributed by atoms with Crippen molar-refractivity contribution in [1.82, 2.24) is 5.32 Å². The minimum absolute atomic E-state index is 0.00487. The van der Waals surface area contributed by atoms with Crippen molar-refractivity contribution in [2.75, 3.05) is 13.2 Å². The Morgan fingerprint density at radius 2 is 1.77 bits per heavy atom. The predicted molar refractivity (Wildman–Crippen MR) is 105 cm³/mol. The second kappa shape index (κ2) is 8.87. The lowest BCUT2D eigenvalue weighted by molar-refractivity contribution is -0.171. The number of β-lactam (4-membered cyclic amide) rings is 1. The molecule has 1 unspecified atom stereocenters. The van der Waals surface area contributed by atoms with Gasteiger partial charge in [-0.25, -0.2) is 0 Å². The molecule has 0 bridgehead atoms. The molecule has 1 aliphatic carbocycles. The lowest BCUT2D eigenvalue weighted by Crippen LogP contribution is -2.61. The largest absolute Gasteiger partial charge is 0.465 e. The van der Waals surface area contributed by atoms with Crippen molar-refractivity contribution in [3.8, 4) is 0 Å². The molecular weight excluding hydrogens is 346 g/mol. The molecule has 1 atom stereocenters. The van der Waals surface area contributed by atoms with E-state index < -0.39 is 13.7 Å². The maximum absolute atomic E-state index is 12.9. The summed E-state index contributed by atoms with van der Waals surface area (Å²) in [5.74, 6) is -0.0930. The van der Waals surface area contributed by atoms with Crippen molar-refractivity contribution in [3.05, 3.63) is 0 Å². The molecule has 26 heavy (non-hydrogen) atoms. The van der Waals surface area contributed by atoms with Crippen molar-refractivity contribution in [2.24, 2.45) is 17.3 Å². The zero-order chi connectivity index (χ0) is 19.4. The van der Waals surface area contributed by atoms with Gasteiger partial charge in [0.05, 0.1) is 17.9 Å². The highest BCUT2D eigenvalue weighted by atomic mass is 28.4. The van der Waals surface area contributed by atoms with E-state index in [2.05, 4.69) is 26.1 Å². The molecule has 2 aliphatic rings. The molecule has 1 saturated carbocycles. The molecule has 1 saturated heterocycles. The predicted octanol–water partition coefficient (Wildman–Crippen LogP) is 3.88. The summed E-state index contributed by atoms with van der Waals surface area (Å²) in [5, 5.41) is 2.81. The molecule has 1 heterocycles. The summed E-state index contributed by atoms with van der Waals surface area (Å²) >= 11 is 0. The van der Waals surface area contributed by atoms with Gasteiger partial charge in [0.1, 0.15) is 0 Å². The average Bonchev–Trinajstić information content (AvgIpc) is 2.64. The van der Waals surface area contributed by atoms with E-state index in [0.29, 0.717) is 31.9 Å². The fourth-order valence-corrected chi connectivity index (χ4v) is 7.34. The number of rotatable bonds is 9. The number of carbonyl (C=O) groups is 2. The van der Waals surface area contributed by atoms with Gasteiger partial charge in [0, 0.05) is 12.6 Å². The highest BCUT2D eigenvalue weighted by Gasteiger charge is 2.55. The molecule has 1 aliphatic heterocycles. The number of hydrogen-bond donors (Lipinski definition) is 1. The van der Waals surface area contributed by atoms with Crippen LogP contribution in [0.15, 0.2) is 0 Å². The molecule has 5 nitrogen and oxygen atoms in total. The Morgan fingerprint density at radius 1 is 1.19 bits per heavy atom. The molecule has 0 aromatic rings. The summed E-state index contributed by atoms with van der Waals surface area (Å²) in [5.41, 5.74) is -0.647. The lowest BCUT2D eigenvalue weighted by Gasteiger charge is -2.47. The van der Waals surface area contributed by atoms with E-state index in [-0.39, 0.29) is 23.9 Å². The summed E-state index contributed by atoms with van der Waals surface area (Å²) in [7, 11) is -1.64. The molecule has 150 valence electrons. The molecule has 2 rings (SSSR count). The van der Waals surface area contributed by atoms with Crippen LogP contribution in [0.5, 0.6) is 0 Å². The minimum atomic E-state index is -1.64. The summed E-state index contributed by atoms with van der Waals surface area (Å²) < 4.78 is 12.2. The van der Waals surface area contributed by atoms with Gasteiger partial charge < -0.3 is 14.5 Å². The number of carbonyl (C=O) groups excluding carboxylic acids is 2. The first-order chi connectivity index (χ1) is 12.3. The van der Waals surface area contributed by atoms with E-state index in [0.717, 1.165) is 31.0 Å². The van der Waals surface area contributed by atoms with Gasteiger partial charge in [0.15, 0.2) is 8.32 Å². The standard InChI is InChI=1S/C20H37NO4Si/c1-6-26(7-2,8-3)25-16-9-11-20(12-10-16,17-13-21-18(17)22)19(23)24-14-15(4)5/h15-17H,6-14H2,1-5H3,(H,21,22). The summed E-state index contributed by atoms with van der Waals surface area (Å²) in [6, 6.07) is 3.43. The normalized spacial score (nSPS) is 29.2. The van der Waals surface area contributed by atoms with Gasteiger partial charge >= 0.3 is 5.97 Å². The van der Waals surface area contributed by atoms with E-state index in [1.165, 1.54) is 0 Å². The van der Waals surface area contributed by atoms with Crippen LogP contribution in [-0.4, -0.2) is 39.4 Å². The second-order valence-electron chi connectivity index (χ2n) is 8.51. The van der Waals surface area contributed by atoms with E-state index in [1.54, 1.807) is 0 Å². The van der Waals surface area contributed by atoms with E-state index in [1.807, 2.05) is 13.8 Å². The third kappa shape index (κ3) is 4.33. The quantitative estimate of drug-likeness (QED) is 0.373. The maximum Gasteiger partial charge on any atom is 0.312 e. The molecule has 0 aromatic carbocycles. The van der Waals surface area contributed by atoms with Crippen molar-refractivity contribution in [1.29, 1.82) is 0 Å². The first-order valence-corrected chi connectivity index (χ1v) is 13.0. The minimum Gasteiger partial charge on any atom is -0.465 e. The Morgan fingerprint density at radius 3 is 2.15 bits per heavy atom. The monoisotopic (exact) mass is 383 g/mol. The summed E-state index contributed by atoms with van der Waals surface area (Å²) in [4.78, 5) is 25.0. The third-order valence-corrected chi connectivity index (χ3v) is 11.3. The molecule has 6 heteroatoms. The van der Waals surface area contributed by atoms with Crippen LogP contribution in [0.25, 0.3) is 0 Å². The van der Waals surface area contributed by atoms with Gasteiger partial charge in [0.2, 0.25) is 5.91 Å². The molecule has 0 radical (unpaired) electrons. The fraction of sp³-hybridized carbons (Fsp3) is 0.900. The van der Waals surface area contributed by atoms with Crippen molar-refractivity contribution < 1.29 is 18.8 Å². The first kappa shape index (κ1) is 21.4. The average molecular weight is 384 g/mol. The number of esters is 1. The van der Waals surface area contributed by atoms with Crippen LogP contribution >= 0.6 is 0 Å². The topological polar surface area (TPSA) is 64.6 Å². The van der Waals surface area contributed by atoms with E-state index in [4.69, 9.17) is 9.16 Å². The van der Waals surface area contributed by atoms with Crippen molar-refractivity contribution in [3.63, 3.8) is 0 Å². The number of nitrogens with one attached hydrogen (secondary N) is 1. The SMILES string of the molecule is CC[Si](CC)(CC)OC1CCC(C(=O)OCC(C)C)(C2CNC2=O)CC1. The van der Waals surface area contributed by atoms with Crippen LogP contribution in [0.4, 0.5) is 0 Å². The van der Waals surface area contributed by atoms with Crippen molar-refractivity contribution in [2.45, 2.75) is 84.5 Å². The van der Waals surface area contributed by atoms with Crippen LogP contribution in [0, 0.1) is 17.3 Å². The second-order valence-corrected chi connectivity index (χ2v) is 13.2. The molecule has 1 amide bonds. The Kier molecular flexibility index (Phi) is 7.31. The molecular formula is C20H37NO4Si. The number of amides is 1. The van der Waals surface area contributed by atoms with Crippen LogP contribution in [0.1, 0.15) is 60.3 Å². The van der Waals surface area contributed by atoms with Crippen molar-refractivity contribution >= 4 is 20.2 Å².